The van der Waals surface area contributed by atoms with Crippen molar-refractivity contribution in [3.05, 3.63) is 34.9 Å². The maximum absolute atomic E-state index is 9.78. The smallest absolute Gasteiger partial charge is 0.0580 e. The first kappa shape index (κ1) is 13.2. The lowest BCUT2D eigenvalue weighted by Crippen LogP contribution is -2.39. The summed E-state index contributed by atoms with van der Waals surface area (Å²) in [5, 5.41) is 9.78. The third-order valence-corrected chi connectivity index (χ3v) is 3.65. The normalized spacial score (nSPS) is 16.9. The highest BCUT2D eigenvalue weighted by molar-refractivity contribution is 5.30. The standard InChI is InChI=1S/C14H23NO/c1-10-5-6-13(7-11(10)2)8-14(4,9-15)12(3)16/h5-7,12,16H,8-9,15H2,1-4H3. The second-order valence-corrected chi connectivity index (χ2v) is 5.13. The molecule has 3 N–H and O–H groups in total. The van der Waals surface area contributed by atoms with Gasteiger partial charge in [0.2, 0.25) is 0 Å². The van der Waals surface area contributed by atoms with Gasteiger partial charge in [-0.25, -0.2) is 0 Å². The van der Waals surface area contributed by atoms with Gasteiger partial charge >= 0.3 is 0 Å². The predicted molar refractivity (Wildman–Crippen MR) is 68.5 cm³/mol. The summed E-state index contributed by atoms with van der Waals surface area (Å²) in [5.41, 5.74) is 9.37. The van der Waals surface area contributed by atoms with E-state index in [1.807, 2.05) is 13.8 Å². The van der Waals surface area contributed by atoms with E-state index in [-0.39, 0.29) is 11.5 Å². The molecule has 0 fully saturated rings. The minimum Gasteiger partial charge on any atom is -0.393 e. The van der Waals surface area contributed by atoms with Gasteiger partial charge in [-0.3, -0.25) is 0 Å². The van der Waals surface area contributed by atoms with E-state index in [1.165, 1.54) is 16.7 Å². The van der Waals surface area contributed by atoms with Crippen LogP contribution in [-0.4, -0.2) is 17.8 Å². The molecule has 16 heavy (non-hydrogen) atoms. The van der Waals surface area contributed by atoms with Crippen LogP contribution in [0.1, 0.15) is 30.5 Å². The molecule has 0 bridgehead atoms. The lowest BCUT2D eigenvalue weighted by molar-refractivity contribution is 0.0589. The molecule has 0 aliphatic heterocycles. The van der Waals surface area contributed by atoms with Crippen molar-refractivity contribution in [2.45, 2.75) is 40.2 Å². The Hall–Kier alpha value is -0.860. The van der Waals surface area contributed by atoms with Crippen LogP contribution in [0.15, 0.2) is 18.2 Å². The summed E-state index contributed by atoms with van der Waals surface area (Å²) in [7, 11) is 0. The third kappa shape index (κ3) is 2.83. The molecule has 0 saturated carbocycles. The van der Waals surface area contributed by atoms with E-state index < -0.39 is 0 Å². The minimum atomic E-state index is -0.390. The second kappa shape index (κ2) is 4.98. The summed E-state index contributed by atoms with van der Waals surface area (Å²) in [6.07, 6.45) is 0.432. The quantitative estimate of drug-likeness (QED) is 0.818. The van der Waals surface area contributed by atoms with Crippen LogP contribution < -0.4 is 5.73 Å². The van der Waals surface area contributed by atoms with Crippen molar-refractivity contribution in [1.29, 1.82) is 0 Å². The Bertz CT molecular complexity index is 360. The highest BCUT2D eigenvalue weighted by Crippen LogP contribution is 2.26. The van der Waals surface area contributed by atoms with Crippen molar-refractivity contribution in [3.63, 3.8) is 0 Å². The topological polar surface area (TPSA) is 46.2 Å². The molecule has 90 valence electrons. The number of hydrogen-bond acceptors (Lipinski definition) is 2. The zero-order valence-corrected chi connectivity index (χ0v) is 10.7. The number of rotatable bonds is 4. The molecule has 0 heterocycles. The number of benzene rings is 1. The van der Waals surface area contributed by atoms with Gasteiger partial charge in [0.1, 0.15) is 0 Å². The lowest BCUT2D eigenvalue weighted by Gasteiger charge is -2.31. The van der Waals surface area contributed by atoms with Crippen molar-refractivity contribution in [1.82, 2.24) is 0 Å². The number of aliphatic hydroxyl groups is 1. The van der Waals surface area contributed by atoms with Crippen molar-refractivity contribution < 1.29 is 5.11 Å². The minimum absolute atomic E-state index is 0.234. The van der Waals surface area contributed by atoms with Crippen LogP contribution in [-0.2, 0) is 6.42 Å². The molecule has 1 aromatic rings. The summed E-state index contributed by atoms with van der Waals surface area (Å²) >= 11 is 0. The summed E-state index contributed by atoms with van der Waals surface area (Å²) in [5.74, 6) is 0. The van der Waals surface area contributed by atoms with Crippen LogP contribution in [0.25, 0.3) is 0 Å². The summed E-state index contributed by atoms with van der Waals surface area (Å²) in [4.78, 5) is 0. The Labute approximate surface area is 98.5 Å². The molecule has 0 aliphatic carbocycles. The molecule has 1 rings (SSSR count). The second-order valence-electron chi connectivity index (χ2n) is 5.13. The molecule has 0 amide bonds. The first-order chi connectivity index (χ1) is 7.39. The summed E-state index contributed by atoms with van der Waals surface area (Å²) < 4.78 is 0. The average Bonchev–Trinajstić information content (AvgIpc) is 2.23. The fraction of sp³-hybridized carbons (Fsp3) is 0.571. The highest BCUT2D eigenvalue weighted by Gasteiger charge is 2.28. The van der Waals surface area contributed by atoms with Crippen LogP contribution in [0.4, 0.5) is 0 Å². The van der Waals surface area contributed by atoms with E-state index in [2.05, 4.69) is 32.0 Å². The SMILES string of the molecule is Cc1ccc(CC(C)(CN)C(C)O)cc1C. The zero-order valence-electron chi connectivity index (χ0n) is 10.7. The molecule has 2 heteroatoms. The molecular formula is C14H23NO. The maximum atomic E-state index is 9.78. The van der Waals surface area contributed by atoms with E-state index in [1.54, 1.807) is 0 Å². The number of hydrogen-bond donors (Lipinski definition) is 2. The molecule has 0 saturated heterocycles. The number of aliphatic hydroxyl groups excluding tert-OH is 1. The fourth-order valence-electron chi connectivity index (χ4n) is 1.77. The Morgan fingerprint density at radius 2 is 1.94 bits per heavy atom. The van der Waals surface area contributed by atoms with Gasteiger partial charge in [0.05, 0.1) is 6.10 Å². The van der Waals surface area contributed by atoms with Gasteiger partial charge in [0.15, 0.2) is 0 Å². The van der Waals surface area contributed by atoms with Crippen LogP contribution >= 0.6 is 0 Å². The first-order valence-corrected chi connectivity index (χ1v) is 5.83. The van der Waals surface area contributed by atoms with Crippen LogP contribution in [0, 0.1) is 19.3 Å². The molecule has 1 aromatic carbocycles. The van der Waals surface area contributed by atoms with E-state index in [0.717, 1.165) is 6.42 Å². The van der Waals surface area contributed by atoms with E-state index in [0.29, 0.717) is 6.54 Å². The molecule has 0 aliphatic rings. The van der Waals surface area contributed by atoms with Crippen molar-refractivity contribution in [2.75, 3.05) is 6.54 Å². The van der Waals surface area contributed by atoms with E-state index in [9.17, 15) is 5.11 Å². The molecule has 2 atom stereocenters. The Morgan fingerprint density at radius 1 is 1.31 bits per heavy atom. The molecule has 2 unspecified atom stereocenters. The summed E-state index contributed by atoms with van der Waals surface area (Å²) in [6, 6.07) is 6.44. The van der Waals surface area contributed by atoms with E-state index in [4.69, 9.17) is 5.73 Å². The number of aryl methyl sites for hydroxylation is 2. The molecule has 0 aromatic heterocycles. The van der Waals surface area contributed by atoms with Gasteiger partial charge in [-0.2, -0.15) is 0 Å². The van der Waals surface area contributed by atoms with Crippen LogP contribution in [0.2, 0.25) is 0 Å². The Balaban J connectivity index is 2.90. The van der Waals surface area contributed by atoms with Gasteiger partial charge < -0.3 is 10.8 Å². The Morgan fingerprint density at radius 3 is 2.38 bits per heavy atom. The van der Waals surface area contributed by atoms with Gasteiger partial charge in [-0.1, -0.05) is 25.1 Å². The molecular weight excluding hydrogens is 198 g/mol. The largest absolute Gasteiger partial charge is 0.393 e. The predicted octanol–water partition coefficient (Wildman–Crippen LogP) is 2.19. The number of nitrogens with two attached hydrogens (primary N) is 1. The third-order valence-electron chi connectivity index (χ3n) is 3.65. The fourth-order valence-corrected chi connectivity index (χ4v) is 1.77. The van der Waals surface area contributed by atoms with Gasteiger partial charge in [-0.05, 0) is 43.9 Å². The highest BCUT2D eigenvalue weighted by atomic mass is 16.3. The molecule has 0 spiro atoms. The van der Waals surface area contributed by atoms with Crippen molar-refractivity contribution >= 4 is 0 Å². The van der Waals surface area contributed by atoms with Gasteiger partial charge in [0, 0.05) is 12.0 Å². The van der Waals surface area contributed by atoms with Gasteiger partial charge in [0.25, 0.3) is 0 Å². The molecule has 2 nitrogen and oxygen atoms in total. The van der Waals surface area contributed by atoms with Gasteiger partial charge in [-0.15, -0.1) is 0 Å². The Kier molecular flexibility index (Phi) is 4.11. The monoisotopic (exact) mass is 221 g/mol. The zero-order chi connectivity index (χ0) is 12.3. The lowest BCUT2D eigenvalue weighted by atomic mass is 9.79. The van der Waals surface area contributed by atoms with Crippen molar-refractivity contribution in [3.8, 4) is 0 Å². The molecule has 0 radical (unpaired) electrons. The van der Waals surface area contributed by atoms with Crippen LogP contribution in [0.5, 0.6) is 0 Å². The average molecular weight is 221 g/mol. The van der Waals surface area contributed by atoms with E-state index >= 15 is 0 Å². The van der Waals surface area contributed by atoms with Crippen LogP contribution in [0.3, 0.4) is 0 Å². The maximum Gasteiger partial charge on any atom is 0.0580 e. The first-order valence-electron chi connectivity index (χ1n) is 5.83. The summed E-state index contributed by atoms with van der Waals surface area (Å²) in [6.45, 7) is 8.56. The van der Waals surface area contributed by atoms with Crippen molar-refractivity contribution in [2.24, 2.45) is 11.1 Å².